The first-order valence-electron chi connectivity index (χ1n) is 12.2. The molecule has 2 heterocycles. The highest BCUT2D eigenvalue weighted by atomic mass is 35.5. The highest BCUT2D eigenvalue weighted by Gasteiger charge is 2.31. The van der Waals surface area contributed by atoms with Crippen molar-refractivity contribution in [3.8, 4) is 10.4 Å². The van der Waals surface area contributed by atoms with Gasteiger partial charge in [0.2, 0.25) is 0 Å². The van der Waals surface area contributed by atoms with Crippen LogP contribution in [0, 0.1) is 18.7 Å². The molecule has 0 amide bonds. The topological polar surface area (TPSA) is 63.6 Å². The van der Waals surface area contributed by atoms with E-state index in [9.17, 15) is 18.9 Å². The minimum Gasteiger partial charge on any atom is -0.477 e. The lowest BCUT2D eigenvalue weighted by atomic mass is 9.88. The minimum absolute atomic E-state index is 0.185. The Balaban J connectivity index is 1.71. The number of carboxylic acid groups (broad SMARTS) is 1. The van der Waals surface area contributed by atoms with E-state index in [4.69, 9.17) is 16.3 Å². The average molecular weight is 549 g/mol. The summed E-state index contributed by atoms with van der Waals surface area (Å²) in [6, 6.07) is 13.4. The summed E-state index contributed by atoms with van der Waals surface area (Å²) in [6.07, 6.45) is 4.02. The molecular formula is C28H31ClFO4PS. The Hall–Kier alpha value is -1.98. The fourth-order valence-corrected chi connectivity index (χ4v) is 9.05. The van der Waals surface area contributed by atoms with E-state index in [0.29, 0.717) is 22.7 Å². The number of benzene rings is 2. The van der Waals surface area contributed by atoms with Crippen LogP contribution in [0.25, 0.3) is 10.4 Å². The molecule has 1 aliphatic heterocycles. The summed E-state index contributed by atoms with van der Waals surface area (Å²) in [7, 11) is -2.83. The van der Waals surface area contributed by atoms with E-state index < -0.39 is 13.1 Å². The molecule has 4 nitrogen and oxygen atoms in total. The molecule has 0 aliphatic carbocycles. The number of carbonyl (C=O) groups is 1. The molecule has 2 atom stereocenters. The van der Waals surface area contributed by atoms with Crippen molar-refractivity contribution in [1.29, 1.82) is 0 Å². The van der Waals surface area contributed by atoms with Crippen LogP contribution >= 0.6 is 30.1 Å². The standard InChI is InChI=1S/C28H31ClFO4PS/c1-18-15-22(29)7-10-25(18)35(2,33)17-21(4-3-19-11-13-34-14-12-19)24-16-26(36-27(24)28(31)32)20-5-8-23(30)9-6-20/h5-10,15-16,19,21H,3-4,11-14,17H2,1-2H3,(H,31,32). The van der Waals surface area contributed by atoms with Crippen molar-refractivity contribution in [1.82, 2.24) is 0 Å². The van der Waals surface area contributed by atoms with Crippen LogP contribution in [0.15, 0.2) is 48.5 Å². The average Bonchev–Trinajstić information content (AvgIpc) is 3.28. The largest absolute Gasteiger partial charge is 0.477 e. The number of hydrogen-bond donors (Lipinski definition) is 1. The molecule has 36 heavy (non-hydrogen) atoms. The second-order valence-electron chi connectivity index (χ2n) is 9.75. The third kappa shape index (κ3) is 6.47. The molecule has 8 heteroatoms. The summed E-state index contributed by atoms with van der Waals surface area (Å²) in [6.45, 7) is 5.20. The molecule has 4 rings (SSSR count). The zero-order valence-corrected chi connectivity index (χ0v) is 23.0. The number of thiophene rings is 1. The van der Waals surface area contributed by atoms with Gasteiger partial charge in [0.15, 0.2) is 0 Å². The zero-order valence-electron chi connectivity index (χ0n) is 20.5. The summed E-state index contributed by atoms with van der Waals surface area (Å²) in [5, 5.41) is 11.5. The lowest BCUT2D eigenvalue weighted by Crippen LogP contribution is -2.19. The van der Waals surface area contributed by atoms with E-state index in [1.807, 2.05) is 25.1 Å². The maximum atomic E-state index is 14.1. The molecule has 1 aliphatic rings. The first-order chi connectivity index (χ1) is 17.1. The SMILES string of the molecule is Cc1cc(Cl)ccc1P(C)(=O)CC(CCC1CCOCC1)c1cc(-c2ccc(F)cc2)sc1C(=O)O. The third-order valence-electron chi connectivity index (χ3n) is 7.03. The van der Waals surface area contributed by atoms with Gasteiger partial charge in [0.1, 0.15) is 17.8 Å². The number of halogens is 2. The Morgan fingerprint density at radius 1 is 1.19 bits per heavy atom. The van der Waals surface area contributed by atoms with E-state index in [2.05, 4.69) is 0 Å². The molecule has 3 aromatic rings. The summed E-state index contributed by atoms with van der Waals surface area (Å²) in [4.78, 5) is 13.3. The lowest BCUT2D eigenvalue weighted by Gasteiger charge is -2.27. The van der Waals surface area contributed by atoms with Gasteiger partial charge in [0, 0.05) is 34.6 Å². The molecule has 0 radical (unpaired) electrons. The van der Waals surface area contributed by atoms with Gasteiger partial charge in [-0.2, -0.15) is 0 Å². The molecule has 0 spiro atoms. The van der Waals surface area contributed by atoms with Gasteiger partial charge in [-0.25, -0.2) is 9.18 Å². The van der Waals surface area contributed by atoms with Gasteiger partial charge in [-0.3, -0.25) is 0 Å². The fourth-order valence-electron chi connectivity index (χ4n) is 5.12. The molecular weight excluding hydrogens is 518 g/mol. The van der Waals surface area contributed by atoms with Crippen LogP contribution in [0.4, 0.5) is 4.39 Å². The predicted molar refractivity (Wildman–Crippen MR) is 146 cm³/mol. The van der Waals surface area contributed by atoms with Crippen molar-refractivity contribution in [2.24, 2.45) is 5.92 Å². The first-order valence-corrected chi connectivity index (χ1v) is 15.7. The molecule has 192 valence electrons. The van der Waals surface area contributed by atoms with Gasteiger partial charge in [0.05, 0.1) is 0 Å². The van der Waals surface area contributed by atoms with E-state index in [1.54, 1.807) is 24.9 Å². The van der Waals surface area contributed by atoms with Crippen LogP contribution in [0.2, 0.25) is 5.02 Å². The van der Waals surface area contributed by atoms with Crippen molar-refractivity contribution < 1.29 is 23.6 Å². The van der Waals surface area contributed by atoms with Crippen molar-refractivity contribution in [2.45, 2.75) is 38.5 Å². The molecule has 1 N–H and O–H groups in total. The maximum absolute atomic E-state index is 14.1. The quantitative estimate of drug-likeness (QED) is 0.277. The molecule has 2 unspecified atom stereocenters. The highest BCUT2D eigenvalue weighted by Crippen LogP contribution is 2.49. The van der Waals surface area contributed by atoms with Crippen LogP contribution in [0.5, 0.6) is 0 Å². The van der Waals surface area contributed by atoms with Gasteiger partial charge in [-0.1, -0.05) is 23.7 Å². The predicted octanol–water partition coefficient (Wildman–Crippen LogP) is 7.82. The maximum Gasteiger partial charge on any atom is 0.346 e. The van der Waals surface area contributed by atoms with Gasteiger partial charge in [-0.15, -0.1) is 11.3 Å². The number of aromatic carboxylic acids is 1. The van der Waals surface area contributed by atoms with Crippen LogP contribution in [0.3, 0.4) is 0 Å². The van der Waals surface area contributed by atoms with E-state index in [0.717, 1.165) is 60.2 Å². The molecule has 2 aromatic carbocycles. The van der Waals surface area contributed by atoms with Crippen molar-refractivity contribution in [3.63, 3.8) is 0 Å². The minimum atomic E-state index is -2.83. The summed E-state index contributed by atoms with van der Waals surface area (Å²) in [5.74, 6) is -1.00. The van der Waals surface area contributed by atoms with Crippen LogP contribution in [-0.4, -0.2) is 37.1 Å². The van der Waals surface area contributed by atoms with E-state index in [-0.39, 0.29) is 16.6 Å². The summed E-state index contributed by atoms with van der Waals surface area (Å²) < 4.78 is 33.1. The van der Waals surface area contributed by atoms with Gasteiger partial charge in [0.25, 0.3) is 0 Å². The number of aryl methyl sites for hydroxylation is 1. The van der Waals surface area contributed by atoms with E-state index >= 15 is 0 Å². The van der Waals surface area contributed by atoms with Gasteiger partial charge < -0.3 is 14.4 Å². The number of hydrogen-bond acceptors (Lipinski definition) is 4. The van der Waals surface area contributed by atoms with Crippen molar-refractivity contribution in [2.75, 3.05) is 26.0 Å². The third-order valence-corrected chi connectivity index (χ3v) is 11.1. The first kappa shape index (κ1) is 27.1. The number of ether oxygens (including phenoxy) is 1. The molecule has 0 bridgehead atoms. The van der Waals surface area contributed by atoms with Crippen molar-refractivity contribution in [3.05, 3.63) is 75.4 Å². The van der Waals surface area contributed by atoms with E-state index in [1.165, 1.54) is 23.5 Å². The van der Waals surface area contributed by atoms with Gasteiger partial charge >= 0.3 is 5.97 Å². The monoisotopic (exact) mass is 548 g/mol. The second kappa shape index (κ2) is 11.6. The van der Waals surface area contributed by atoms with Crippen molar-refractivity contribution >= 4 is 41.4 Å². The number of rotatable bonds is 9. The number of carboxylic acids is 1. The Morgan fingerprint density at radius 2 is 1.89 bits per heavy atom. The van der Waals surface area contributed by atoms with Crippen LogP contribution < -0.4 is 5.30 Å². The summed E-state index contributed by atoms with van der Waals surface area (Å²) in [5.41, 5.74) is 2.37. The molecule has 1 fully saturated rings. The molecule has 1 aromatic heterocycles. The summed E-state index contributed by atoms with van der Waals surface area (Å²) >= 11 is 7.34. The Bertz CT molecular complexity index is 1270. The molecule has 1 saturated heterocycles. The Morgan fingerprint density at radius 3 is 2.53 bits per heavy atom. The highest BCUT2D eigenvalue weighted by molar-refractivity contribution is 7.71. The second-order valence-corrected chi connectivity index (χ2v) is 14.3. The van der Waals surface area contributed by atoms with Crippen LogP contribution in [0.1, 0.15) is 52.4 Å². The fraction of sp³-hybridized carbons (Fsp3) is 0.393. The Kier molecular flexibility index (Phi) is 8.72. The van der Waals surface area contributed by atoms with Crippen LogP contribution in [-0.2, 0) is 9.30 Å². The zero-order chi connectivity index (χ0) is 25.9. The lowest BCUT2D eigenvalue weighted by molar-refractivity contribution is 0.0628. The smallest absolute Gasteiger partial charge is 0.346 e. The Labute approximate surface area is 220 Å². The van der Waals surface area contributed by atoms with Gasteiger partial charge in [-0.05, 0) is 104 Å². The molecule has 0 saturated carbocycles. The normalized spacial score (nSPS) is 17.0.